The van der Waals surface area contributed by atoms with E-state index in [0.29, 0.717) is 5.25 Å². The van der Waals surface area contributed by atoms with Crippen LogP contribution in [-0.4, -0.2) is 22.2 Å². The van der Waals surface area contributed by atoms with Crippen LogP contribution < -0.4 is 0 Å². The van der Waals surface area contributed by atoms with E-state index >= 15 is 0 Å². The second kappa shape index (κ2) is 3.51. The van der Waals surface area contributed by atoms with Crippen molar-refractivity contribution in [3.63, 3.8) is 0 Å². The summed E-state index contributed by atoms with van der Waals surface area (Å²) in [6, 6.07) is 0. The summed E-state index contributed by atoms with van der Waals surface area (Å²) < 4.78 is 0. The molecule has 1 rings (SSSR count). The van der Waals surface area contributed by atoms with Crippen molar-refractivity contribution in [2.24, 2.45) is 0 Å². The van der Waals surface area contributed by atoms with E-state index in [1.165, 1.54) is 0 Å². The van der Waals surface area contributed by atoms with Gasteiger partial charge < -0.3 is 5.11 Å². The van der Waals surface area contributed by atoms with Gasteiger partial charge in [0.2, 0.25) is 0 Å². The maximum atomic E-state index is 9.65. The van der Waals surface area contributed by atoms with Crippen molar-refractivity contribution in [3.05, 3.63) is 0 Å². The molecule has 1 aliphatic carbocycles. The Kier molecular flexibility index (Phi) is 2.86. The summed E-state index contributed by atoms with van der Waals surface area (Å²) in [7, 11) is 0. The molecule has 1 N–H and O–H groups in total. The lowest BCUT2D eigenvalue weighted by atomic mass is 9.85. The second-order valence-corrected chi connectivity index (χ2v) is 4.25. The summed E-state index contributed by atoms with van der Waals surface area (Å²) in [5.41, 5.74) is -0.785. The molecule has 1 saturated carbocycles. The first kappa shape index (κ1) is 8.96. The van der Waals surface area contributed by atoms with Crippen molar-refractivity contribution < 1.29 is 5.11 Å². The predicted molar refractivity (Wildman–Crippen MR) is 49.6 cm³/mol. The number of rotatable bonds is 1. The highest BCUT2D eigenvalue weighted by molar-refractivity contribution is 7.99. The van der Waals surface area contributed by atoms with Gasteiger partial charge >= 0.3 is 0 Å². The van der Waals surface area contributed by atoms with Crippen LogP contribution in [0.3, 0.4) is 0 Å². The predicted octanol–water partition coefficient (Wildman–Crippen LogP) is 1.66. The minimum absolute atomic E-state index is 0.712. The van der Waals surface area contributed by atoms with Gasteiger partial charge in [0, 0.05) is 5.25 Å². The molecule has 0 heterocycles. The topological polar surface area (TPSA) is 20.2 Å². The molecule has 1 nitrogen and oxygen atoms in total. The van der Waals surface area contributed by atoms with E-state index in [0.717, 1.165) is 25.7 Å². The van der Waals surface area contributed by atoms with Gasteiger partial charge in [-0.3, -0.25) is 0 Å². The quantitative estimate of drug-likeness (QED) is 0.604. The largest absolute Gasteiger partial charge is 0.378 e. The average Bonchev–Trinajstić information content (AvgIpc) is 2.06. The van der Waals surface area contributed by atoms with Crippen molar-refractivity contribution in [2.45, 2.75) is 36.5 Å². The van der Waals surface area contributed by atoms with Crippen molar-refractivity contribution in [1.82, 2.24) is 0 Å². The lowest BCUT2D eigenvalue weighted by Gasteiger charge is -2.31. The van der Waals surface area contributed by atoms with Crippen molar-refractivity contribution in [3.8, 4) is 12.3 Å². The summed E-state index contributed by atoms with van der Waals surface area (Å²) in [6.45, 7) is 0. The van der Waals surface area contributed by atoms with Gasteiger partial charge in [0.25, 0.3) is 0 Å². The molecule has 2 heteroatoms. The van der Waals surface area contributed by atoms with E-state index in [1.807, 2.05) is 11.8 Å². The molecule has 0 aromatic rings. The van der Waals surface area contributed by atoms with E-state index in [1.54, 1.807) is 0 Å². The zero-order chi connectivity index (χ0) is 8.32. The molecule has 0 amide bonds. The molecule has 1 aliphatic rings. The third-order valence-electron chi connectivity index (χ3n) is 2.36. The fourth-order valence-corrected chi connectivity index (χ4v) is 2.16. The summed E-state index contributed by atoms with van der Waals surface area (Å²) in [5, 5.41) is 10.4. The Hall–Kier alpha value is -0.130. The Labute approximate surface area is 72.6 Å². The summed E-state index contributed by atoms with van der Waals surface area (Å²) in [4.78, 5) is 0. The van der Waals surface area contributed by atoms with Crippen LogP contribution in [0, 0.1) is 12.3 Å². The molecule has 0 radical (unpaired) electrons. The number of terminal acetylenes is 1. The van der Waals surface area contributed by atoms with Crippen LogP contribution in [-0.2, 0) is 0 Å². The summed E-state index contributed by atoms with van der Waals surface area (Å²) in [5.74, 6) is 2.47. The van der Waals surface area contributed by atoms with Gasteiger partial charge in [-0.15, -0.1) is 6.42 Å². The highest BCUT2D eigenvalue weighted by Crippen LogP contribution is 2.32. The van der Waals surface area contributed by atoms with Gasteiger partial charge in [0.05, 0.1) is 0 Å². The van der Waals surface area contributed by atoms with Gasteiger partial charge in [-0.1, -0.05) is 5.92 Å². The van der Waals surface area contributed by atoms with Crippen molar-refractivity contribution in [1.29, 1.82) is 0 Å². The van der Waals surface area contributed by atoms with Crippen LogP contribution in [0.1, 0.15) is 25.7 Å². The molecule has 62 valence electrons. The monoisotopic (exact) mass is 170 g/mol. The maximum absolute atomic E-state index is 9.65. The van der Waals surface area contributed by atoms with Gasteiger partial charge in [-0.25, -0.2) is 0 Å². The zero-order valence-electron chi connectivity index (χ0n) is 6.84. The molecule has 0 aromatic carbocycles. The third kappa shape index (κ3) is 2.15. The normalized spacial score (nSPS) is 38.1. The summed E-state index contributed by atoms with van der Waals surface area (Å²) >= 11 is 1.88. The molecule has 11 heavy (non-hydrogen) atoms. The van der Waals surface area contributed by atoms with Crippen LogP contribution in [0.4, 0.5) is 0 Å². The molecule has 0 saturated heterocycles. The smallest absolute Gasteiger partial charge is 0.125 e. The first-order valence-electron chi connectivity index (χ1n) is 3.93. The molecule has 0 spiro atoms. The molecule has 1 fully saturated rings. The number of aliphatic hydroxyl groups is 1. The van der Waals surface area contributed by atoms with Crippen LogP contribution in [0.5, 0.6) is 0 Å². The highest BCUT2D eigenvalue weighted by Gasteiger charge is 2.30. The number of hydrogen-bond donors (Lipinski definition) is 1. The van der Waals surface area contributed by atoms with Crippen LogP contribution in [0.15, 0.2) is 0 Å². The Morgan fingerprint density at radius 2 is 2.09 bits per heavy atom. The van der Waals surface area contributed by atoms with Crippen molar-refractivity contribution >= 4 is 11.8 Å². The lowest BCUT2D eigenvalue weighted by Crippen LogP contribution is -2.32. The minimum atomic E-state index is -0.785. The summed E-state index contributed by atoms with van der Waals surface area (Å²) in [6.07, 6.45) is 11.0. The molecule has 0 aromatic heterocycles. The standard InChI is InChI=1S/C9H14OS/c1-3-9(10)6-4-8(11-2)5-7-9/h1,8,10H,4-7H2,2H3. The highest BCUT2D eigenvalue weighted by atomic mass is 32.2. The van der Waals surface area contributed by atoms with Gasteiger partial charge in [0.15, 0.2) is 0 Å². The Morgan fingerprint density at radius 1 is 1.55 bits per heavy atom. The molecule has 0 atom stereocenters. The molecule has 0 bridgehead atoms. The maximum Gasteiger partial charge on any atom is 0.125 e. The van der Waals surface area contributed by atoms with Crippen LogP contribution in [0.2, 0.25) is 0 Å². The zero-order valence-corrected chi connectivity index (χ0v) is 7.66. The van der Waals surface area contributed by atoms with E-state index in [-0.39, 0.29) is 0 Å². The van der Waals surface area contributed by atoms with E-state index in [2.05, 4.69) is 12.2 Å². The van der Waals surface area contributed by atoms with Crippen LogP contribution >= 0.6 is 11.8 Å². The number of thioether (sulfide) groups is 1. The van der Waals surface area contributed by atoms with Crippen molar-refractivity contribution in [2.75, 3.05) is 6.26 Å². The van der Waals surface area contributed by atoms with Gasteiger partial charge in [-0.05, 0) is 31.9 Å². The number of hydrogen-bond acceptors (Lipinski definition) is 2. The second-order valence-electron chi connectivity index (χ2n) is 3.11. The van der Waals surface area contributed by atoms with Crippen LogP contribution in [0.25, 0.3) is 0 Å². The molecular weight excluding hydrogens is 156 g/mol. The average molecular weight is 170 g/mol. The minimum Gasteiger partial charge on any atom is -0.378 e. The van der Waals surface area contributed by atoms with E-state index in [9.17, 15) is 5.11 Å². The molecule has 0 unspecified atom stereocenters. The first-order valence-corrected chi connectivity index (χ1v) is 5.22. The Morgan fingerprint density at radius 3 is 2.45 bits per heavy atom. The van der Waals surface area contributed by atoms with E-state index in [4.69, 9.17) is 6.42 Å². The fraction of sp³-hybridized carbons (Fsp3) is 0.778. The van der Waals surface area contributed by atoms with E-state index < -0.39 is 5.60 Å². The SMILES string of the molecule is C#CC1(O)CCC(SC)CC1. The van der Waals surface area contributed by atoms with Gasteiger partial charge in [-0.2, -0.15) is 11.8 Å². The Bertz CT molecular complexity index is 163. The van der Waals surface area contributed by atoms with Gasteiger partial charge in [0.1, 0.15) is 5.60 Å². The first-order chi connectivity index (χ1) is 5.20. The third-order valence-corrected chi connectivity index (χ3v) is 3.50. The lowest BCUT2D eigenvalue weighted by molar-refractivity contribution is 0.0629. The Balaban J connectivity index is 2.43. The molecule has 0 aliphatic heterocycles. The molecular formula is C9H14OS. The fourth-order valence-electron chi connectivity index (χ4n) is 1.45.